The van der Waals surface area contributed by atoms with Crippen LogP contribution in [0.1, 0.15) is 0 Å². The third-order valence-corrected chi connectivity index (χ3v) is 4.16. The van der Waals surface area contributed by atoms with Gasteiger partial charge in [0.2, 0.25) is 0 Å². The van der Waals surface area contributed by atoms with Gasteiger partial charge in [-0.05, 0) is 30.3 Å². The van der Waals surface area contributed by atoms with Gasteiger partial charge in [0.1, 0.15) is 10.8 Å². The molecule has 0 aliphatic heterocycles. The zero-order valence-corrected chi connectivity index (χ0v) is 11.6. The lowest BCUT2D eigenvalue weighted by molar-refractivity contribution is 0.629. The number of hydrogen-bond acceptors (Lipinski definition) is 3. The maximum absolute atomic E-state index is 13.1. The van der Waals surface area contributed by atoms with E-state index in [1.807, 2.05) is 18.2 Å². The second kappa shape index (κ2) is 4.33. The number of hydrogen-bond donors (Lipinski definition) is 1. The van der Waals surface area contributed by atoms with E-state index in [2.05, 4.69) is 20.9 Å². The van der Waals surface area contributed by atoms with Crippen molar-refractivity contribution < 1.29 is 4.39 Å². The zero-order valence-electron chi connectivity index (χ0n) is 9.15. The minimum atomic E-state index is -0.276. The molecule has 18 heavy (non-hydrogen) atoms. The molecule has 1 aromatic heterocycles. The Hall–Kier alpha value is -1.46. The van der Waals surface area contributed by atoms with Crippen molar-refractivity contribution in [2.45, 2.75) is 0 Å². The summed E-state index contributed by atoms with van der Waals surface area (Å²) < 4.78 is 15.0. The van der Waals surface area contributed by atoms with Gasteiger partial charge >= 0.3 is 0 Å². The Bertz CT molecular complexity index is 739. The Labute approximate surface area is 115 Å². The molecule has 0 spiro atoms. The van der Waals surface area contributed by atoms with Gasteiger partial charge < -0.3 is 5.73 Å². The van der Waals surface area contributed by atoms with E-state index in [0.29, 0.717) is 11.2 Å². The third-order valence-electron chi connectivity index (χ3n) is 2.60. The van der Waals surface area contributed by atoms with Crippen molar-refractivity contribution >= 4 is 43.2 Å². The smallest absolute Gasteiger partial charge is 0.126 e. The van der Waals surface area contributed by atoms with E-state index in [1.54, 1.807) is 6.07 Å². The first-order chi connectivity index (χ1) is 8.63. The minimum absolute atomic E-state index is 0.276. The number of thiazole rings is 1. The Morgan fingerprint density at radius 3 is 2.83 bits per heavy atom. The molecule has 0 fully saturated rings. The number of nitrogens with zero attached hydrogens (tertiary/aromatic N) is 1. The molecule has 0 atom stereocenters. The first-order valence-electron chi connectivity index (χ1n) is 5.25. The topological polar surface area (TPSA) is 38.9 Å². The first kappa shape index (κ1) is 11.6. The van der Waals surface area contributed by atoms with Gasteiger partial charge in [-0.2, -0.15) is 0 Å². The van der Waals surface area contributed by atoms with Gasteiger partial charge in [-0.25, -0.2) is 9.37 Å². The van der Waals surface area contributed by atoms with Crippen molar-refractivity contribution in [2.75, 3.05) is 5.73 Å². The van der Waals surface area contributed by atoms with Crippen LogP contribution in [-0.2, 0) is 0 Å². The Morgan fingerprint density at radius 1 is 1.17 bits per heavy atom. The quantitative estimate of drug-likeness (QED) is 0.672. The van der Waals surface area contributed by atoms with Crippen molar-refractivity contribution in [1.29, 1.82) is 0 Å². The van der Waals surface area contributed by atoms with Gasteiger partial charge in [-0.3, -0.25) is 0 Å². The predicted molar refractivity (Wildman–Crippen MR) is 77.1 cm³/mol. The Morgan fingerprint density at radius 2 is 2.00 bits per heavy atom. The van der Waals surface area contributed by atoms with Gasteiger partial charge in [0, 0.05) is 21.8 Å². The third kappa shape index (κ3) is 2.00. The summed E-state index contributed by atoms with van der Waals surface area (Å²) in [6, 6.07) is 10.2. The van der Waals surface area contributed by atoms with Gasteiger partial charge in [-0.1, -0.05) is 15.9 Å². The maximum atomic E-state index is 13.1. The molecule has 0 saturated carbocycles. The lowest BCUT2D eigenvalue weighted by Crippen LogP contribution is -1.89. The van der Waals surface area contributed by atoms with Crippen LogP contribution in [0.4, 0.5) is 10.1 Å². The van der Waals surface area contributed by atoms with Crippen LogP contribution >= 0.6 is 27.3 Å². The Balaban J connectivity index is 2.22. The lowest BCUT2D eigenvalue weighted by atomic mass is 10.2. The van der Waals surface area contributed by atoms with Crippen molar-refractivity contribution in [1.82, 2.24) is 4.98 Å². The number of aromatic nitrogens is 1. The van der Waals surface area contributed by atoms with Crippen LogP contribution in [0.25, 0.3) is 20.8 Å². The molecule has 0 aliphatic rings. The molecular weight excluding hydrogens is 315 g/mol. The number of halogens is 2. The highest BCUT2D eigenvalue weighted by molar-refractivity contribution is 9.10. The molecule has 0 radical (unpaired) electrons. The number of anilines is 1. The largest absolute Gasteiger partial charge is 0.398 e. The number of nitrogens with two attached hydrogens (primary N) is 1. The lowest BCUT2D eigenvalue weighted by Gasteiger charge is -2.01. The van der Waals surface area contributed by atoms with Crippen molar-refractivity contribution in [3.8, 4) is 10.6 Å². The van der Waals surface area contributed by atoms with E-state index in [4.69, 9.17) is 5.73 Å². The summed E-state index contributed by atoms with van der Waals surface area (Å²) in [5, 5.41) is 0.800. The SMILES string of the molecule is Nc1ccc(Br)cc1-c1nc2cc(F)ccc2s1. The number of rotatable bonds is 1. The second-order valence-corrected chi connectivity index (χ2v) is 5.81. The van der Waals surface area contributed by atoms with Crippen LogP contribution in [0.3, 0.4) is 0 Å². The predicted octanol–water partition coefficient (Wildman–Crippen LogP) is 4.45. The summed E-state index contributed by atoms with van der Waals surface area (Å²) in [7, 11) is 0. The highest BCUT2D eigenvalue weighted by Gasteiger charge is 2.10. The van der Waals surface area contributed by atoms with E-state index in [9.17, 15) is 4.39 Å². The molecule has 0 bridgehead atoms. The molecule has 2 nitrogen and oxygen atoms in total. The molecule has 0 amide bonds. The average molecular weight is 323 g/mol. The fourth-order valence-corrected chi connectivity index (χ4v) is 3.07. The molecule has 2 N–H and O–H groups in total. The molecule has 3 aromatic rings. The molecule has 2 aromatic carbocycles. The number of nitrogen functional groups attached to an aromatic ring is 1. The van der Waals surface area contributed by atoms with Crippen molar-refractivity contribution in [3.05, 3.63) is 46.7 Å². The monoisotopic (exact) mass is 322 g/mol. The normalized spacial score (nSPS) is 11.0. The molecule has 90 valence electrons. The van der Waals surface area contributed by atoms with Crippen molar-refractivity contribution in [3.63, 3.8) is 0 Å². The number of benzene rings is 2. The molecule has 1 heterocycles. The van der Waals surface area contributed by atoms with Crippen LogP contribution in [0, 0.1) is 5.82 Å². The van der Waals surface area contributed by atoms with E-state index in [-0.39, 0.29) is 5.82 Å². The molecule has 0 aliphatic carbocycles. The van der Waals surface area contributed by atoms with Crippen LogP contribution in [0.5, 0.6) is 0 Å². The summed E-state index contributed by atoms with van der Waals surface area (Å²) in [4.78, 5) is 4.42. The van der Waals surface area contributed by atoms with Gasteiger partial charge in [0.15, 0.2) is 0 Å². The van der Waals surface area contributed by atoms with E-state index in [0.717, 1.165) is 19.7 Å². The van der Waals surface area contributed by atoms with Crippen LogP contribution < -0.4 is 5.73 Å². The van der Waals surface area contributed by atoms with E-state index < -0.39 is 0 Å². The van der Waals surface area contributed by atoms with Crippen molar-refractivity contribution in [2.24, 2.45) is 0 Å². The van der Waals surface area contributed by atoms with Crippen LogP contribution in [0.2, 0.25) is 0 Å². The van der Waals surface area contributed by atoms with Crippen LogP contribution in [0.15, 0.2) is 40.9 Å². The summed E-state index contributed by atoms with van der Waals surface area (Å²) >= 11 is 4.91. The molecule has 0 unspecified atom stereocenters. The Kier molecular flexibility index (Phi) is 2.80. The summed E-state index contributed by atoms with van der Waals surface area (Å²) in [6.45, 7) is 0. The van der Waals surface area contributed by atoms with E-state index >= 15 is 0 Å². The number of fused-ring (bicyclic) bond motifs is 1. The van der Waals surface area contributed by atoms with Gasteiger partial charge in [-0.15, -0.1) is 11.3 Å². The van der Waals surface area contributed by atoms with E-state index in [1.165, 1.54) is 23.5 Å². The minimum Gasteiger partial charge on any atom is -0.398 e. The zero-order chi connectivity index (χ0) is 12.7. The molecule has 3 rings (SSSR count). The summed E-state index contributed by atoms with van der Waals surface area (Å²) in [5.74, 6) is -0.276. The average Bonchev–Trinajstić information content (AvgIpc) is 2.74. The molecular formula is C13H8BrFN2S. The van der Waals surface area contributed by atoms with Gasteiger partial charge in [0.05, 0.1) is 10.2 Å². The maximum Gasteiger partial charge on any atom is 0.126 e. The van der Waals surface area contributed by atoms with Gasteiger partial charge in [0.25, 0.3) is 0 Å². The fraction of sp³-hybridized carbons (Fsp3) is 0. The second-order valence-electron chi connectivity index (χ2n) is 3.86. The molecule has 0 saturated heterocycles. The highest BCUT2D eigenvalue weighted by atomic mass is 79.9. The summed E-state index contributed by atoms with van der Waals surface area (Å²) in [5.41, 5.74) is 8.14. The molecule has 5 heteroatoms. The standard InChI is InChI=1S/C13H8BrFN2S/c14-7-1-3-10(16)9(5-7)13-17-11-6-8(15)2-4-12(11)18-13/h1-6H,16H2. The summed E-state index contributed by atoms with van der Waals surface area (Å²) in [6.07, 6.45) is 0. The van der Waals surface area contributed by atoms with Crippen LogP contribution in [-0.4, -0.2) is 4.98 Å². The highest BCUT2D eigenvalue weighted by Crippen LogP contribution is 2.35. The first-order valence-corrected chi connectivity index (χ1v) is 6.86. The fourth-order valence-electron chi connectivity index (χ4n) is 1.73.